The van der Waals surface area contributed by atoms with E-state index < -0.39 is 0 Å². The standard InChI is InChI=1S/C22H24N2O/c1-16(2)14-24-22(25)18-9-6-11-20(13-18)23-15-19-10-5-8-17-7-3-4-12-21(17)19/h3-13,16,23H,14-15H2,1-2H3,(H,24,25). The summed E-state index contributed by atoms with van der Waals surface area (Å²) in [6, 6.07) is 22.4. The summed E-state index contributed by atoms with van der Waals surface area (Å²) in [5.41, 5.74) is 2.88. The smallest absolute Gasteiger partial charge is 0.251 e. The molecule has 3 nitrogen and oxygen atoms in total. The third kappa shape index (κ3) is 4.38. The molecule has 0 fully saturated rings. The molecule has 25 heavy (non-hydrogen) atoms. The van der Waals surface area contributed by atoms with Gasteiger partial charge < -0.3 is 10.6 Å². The molecule has 2 N–H and O–H groups in total. The number of amides is 1. The van der Waals surface area contributed by atoms with Crippen molar-refractivity contribution in [2.75, 3.05) is 11.9 Å². The fourth-order valence-corrected chi connectivity index (χ4v) is 2.81. The van der Waals surface area contributed by atoms with Gasteiger partial charge in [-0.05, 0) is 40.5 Å². The first-order chi connectivity index (χ1) is 12.1. The van der Waals surface area contributed by atoms with Crippen LogP contribution in [-0.4, -0.2) is 12.5 Å². The predicted octanol–water partition coefficient (Wildman–Crippen LogP) is 4.84. The lowest BCUT2D eigenvalue weighted by Gasteiger charge is -2.11. The lowest BCUT2D eigenvalue weighted by Crippen LogP contribution is -2.27. The molecule has 0 saturated carbocycles. The Morgan fingerprint density at radius 1 is 0.960 bits per heavy atom. The highest BCUT2D eigenvalue weighted by Crippen LogP contribution is 2.20. The molecule has 0 bridgehead atoms. The van der Waals surface area contributed by atoms with Gasteiger partial charge in [-0.1, -0.05) is 62.4 Å². The zero-order valence-electron chi connectivity index (χ0n) is 14.8. The Hall–Kier alpha value is -2.81. The van der Waals surface area contributed by atoms with Crippen LogP contribution < -0.4 is 10.6 Å². The first kappa shape index (κ1) is 17.0. The van der Waals surface area contributed by atoms with Crippen molar-refractivity contribution in [3.05, 3.63) is 77.9 Å². The molecule has 0 aliphatic heterocycles. The second-order valence-electron chi connectivity index (χ2n) is 6.68. The van der Waals surface area contributed by atoms with Crippen molar-refractivity contribution in [1.29, 1.82) is 0 Å². The van der Waals surface area contributed by atoms with Crippen LogP contribution in [-0.2, 0) is 6.54 Å². The van der Waals surface area contributed by atoms with Crippen LogP contribution in [0, 0.1) is 5.92 Å². The minimum absolute atomic E-state index is 0.0255. The lowest BCUT2D eigenvalue weighted by molar-refractivity contribution is 0.0949. The molecule has 0 radical (unpaired) electrons. The maximum Gasteiger partial charge on any atom is 0.251 e. The van der Waals surface area contributed by atoms with Crippen LogP contribution in [0.1, 0.15) is 29.8 Å². The van der Waals surface area contributed by atoms with E-state index in [0.29, 0.717) is 18.0 Å². The third-order valence-electron chi connectivity index (χ3n) is 4.16. The largest absolute Gasteiger partial charge is 0.381 e. The number of hydrogen-bond donors (Lipinski definition) is 2. The number of carbonyl (C=O) groups excluding carboxylic acids is 1. The molecule has 0 atom stereocenters. The third-order valence-corrected chi connectivity index (χ3v) is 4.16. The van der Waals surface area contributed by atoms with E-state index in [9.17, 15) is 4.79 Å². The molecule has 0 aliphatic rings. The van der Waals surface area contributed by atoms with Crippen LogP contribution in [0.4, 0.5) is 5.69 Å². The molecule has 0 heterocycles. The summed E-state index contributed by atoms with van der Waals surface area (Å²) in [6.07, 6.45) is 0. The summed E-state index contributed by atoms with van der Waals surface area (Å²) >= 11 is 0. The van der Waals surface area contributed by atoms with E-state index in [1.165, 1.54) is 16.3 Å². The second-order valence-corrected chi connectivity index (χ2v) is 6.68. The molecule has 3 rings (SSSR count). The number of nitrogens with one attached hydrogen (secondary N) is 2. The van der Waals surface area contributed by atoms with Crippen molar-refractivity contribution in [3.8, 4) is 0 Å². The minimum atomic E-state index is -0.0255. The van der Waals surface area contributed by atoms with E-state index in [-0.39, 0.29) is 5.91 Å². The van der Waals surface area contributed by atoms with Gasteiger partial charge in [-0.3, -0.25) is 4.79 Å². The maximum absolute atomic E-state index is 12.2. The van der Waals surface area contributed by atoms with Gasteiger partial charge in [0.1, 0.15) is 0 Å². The van der Waals surface area contributed by atoms with Crippen molar-refractivity contribution in [2.45, 2.75) is 20.4 Å². The summed E-state index contributed by atoms with van der Waals surface area (Å²) in [4.78, 5) is 12.2. The van der Waals surface area contributed by atoms with Gasteiger partial charge in [-0.15, -0.1) is 0 Å². The summed E-state index contributed by atoms with van der Waals surface area (Å²) in [6.45, 7) is 5.58. The summed E-state index contributed by atoms with van der Waals surface area (Å²) in [5, 5.41) is 8.88. The molecule has 0 saturated heterocycles. The van der Waals surface area contributed by atoms with E-state index >= 15 is 0 Å². The average molecular weight is 332 g/mol. The SMILES string of the molecule is CC(C)CNC(=O)c1cccc(NCc2cccc3ccccc23)c1. The molecule has 3 heteroatoms. The van der Waals surface area contributed by atoms with Gasteiger partial charge in [0.25, 0.3) is 5.91 Å². The first-order valence-electron chi connectivity index (χ1n) is 8.72. The molecular weight excluding hydrogens is 308 g/mol. The van der Waals surface area contributed by atoms with Crippen molar-refractivity contribution < 1.29 is 4.79 Å². The highest BCUT2D eigenvalue weighted by Gasteiger charge is 2.07. The van der Waals surface area contributed by atoms with Crippen molar-refractivity contribution in [2.24, 2.45) is 5.92 Å². The Kier molecular flexibility index (Phi) is 5.34. The van der Waals surface area contributed by atoms with Crippen LogP contribution in [0.5, 0.6) is 0 Å². The second kappa shape index (κ2) is 7.84. The van der Waals surface area contributed by atoms with Crippen molar-refractivity contribution in [1.82, 2.24) is 5.32 Å². The van der Waals surface area contributed by atoms with Crippen molar-refractivity contribution >= 4 is 22.4 Å². The Morgan fingerprint density at radius 2 is 1.72 bits per heavy atom. The highest BCUT2D eigenvalue weighted by molar-refractivity contribution is 5.95. The first-order valence-corrected chi connectivity index (χ1v) is 8.72. The quantitative estimate of drug-likeness (QED) is 0.678. The summed E-state index contributed by atoms with van der Waals surface area (Å²) in [5.74, 6) is 0.416. The number of hydrogen-bond acceptors (Lipinski definition) is 2. The fourth-order valence-electron chi connectivity index (χ4n) is 2.81. The number of benzene rings is 3. The average Bonchev–Trinajstić information content (AvgIpc) is 2.64. The van der Waals surface area contributed by atoms with Gasteiger partial charge in [-0.2, -0.15) is 0 Å². The van der Waals surface area contributed by atoms with Gasteiger partial charge in [0.2, 0.25) is 0 Å². The van der Waals surface area contributed by atoms with E-state index in [0.717, 1.165) is 12.2 Å². The highest BCUT2D eigenvalue weighted by atomic mass is 16.1. The van der Waals surface area contributed by atoms with Gasteiger partial charge in [0, 0.05) is 24.3 Å². The Labute approximate surface area is 149 Å². The number of fused-ring (bicyclic) bond motifs is 1. The summed E-state index contributed by atoms with van der Waals surface area (Å²) in [7, 11) is 0. The fraction of sp³-hybridized carbons (Fsp3) is 0.227. The zero-order valence-corrected chi connectivity index (χ0v) is 14.8. The normalized spacial score (nSPS) is 10.8. The Balaban J connectivity index is 1.71. The van der Waals surface area contributed by atoms with Crippen LogP contribution in [0.2, 0.25) is 0 Å². The number of carbonyl (C=O) groups is 1. The molecule has 0 aromatic heterocycles. The van der Waals surface area contributed by atoms with Gasteiger partial charge in [0.15, 0.2) is 0 Å². The molecule has 0 spiro atoms. The lowest BCUT2D eigenvalue weighted by atomic mass is 10.0. The zero-order chi connectivity index (χ0) is 17.6. The van der Waals surface area contributed by atoms with Crippen LogP contribution in [0.25, 0.3) is 10.8 Å². The molecule has 128 valence electrons. The predicted molar refractivity (Wildman–Crippen MR) is 105 cm³/mol. The number of anilines is 1. The van der Waals surface area contributed by atoms with Gasteiger partial charge in [0.05, 0.1) is 0 Å². The maximum atomic E-state index is 12.2. The van der Waals surface area contributed by atoms with E-state index in [1.54, 1.807) is 0 Å². The van der Waals surface area contributed by atoms with Gasteiger partial charge >= 0.3 is 0 Å². The Morgan fingerprint density at radius 3 is 2.56 bits per heavy atom. The van der Waals surface area contributed by atoms with E-state index in [4.69, 9.17) is 0 Å². The monoisotopic (exact) mass is 332 g/mol. The van der Waals surface area contributed by atoms with E-state index in [2.05, 4.69) is 66.9 Å². The molecule has 3 aromatic carbocycles. The number of rotatable bonds is 6. The van der Waals surface area contributed by atoms with Crippen LogP contribution >= 0.6 is 0 Å². The molecule has 0 aliphatic carbocycles. The molecule has 3 aromatic rings. The molecule has 0 unspecified atom stereocenters. The van der Waals surface area contributed by atoms with Crippen LogP contribution in [0.15, 0.2) is 66.7 Å². The Bertz CT molecular complexity index is 865. The minimum Gasteiger partial charge on any atom is -0.381 e. The molecule has 1 amide bonds. The van der Waals surface area contributed by atoms with E-state index in [1.807, 2.05) is 24.3 Å². The van der Waals surface area contributed by atoms with Gasteiger partial charge in [-0.25, -0.2) is 0 Å². The molecular formula is C22H24N2O. The topological polar surface area (TPSA) is 41.1 Å². The van der Waals surface area contributed by atoms with Crippen LogP contribution in [0.3, 0.4) is 0 Å². The summed E-state index contributed by atoms with van der Waals surface area (Å²) < 4.78 is 0. The van der Waals surface area contributed by atoms with Crippen molar-refractivity contribution in [3.63, 3.8) is 0 Å².